The van der Waals surface area contributed by atoms with E-state index in [1.165, 1.54) is 0 Å². The van der Waals surface area contributed by atoms with Gasteiger partial charge in [0.1, 0.15) is 11.2 Å². The second-order valence-electron chi connectivity index (χ2n) is 5.75. The lowest BCUT2D eigenvalue weighted by molar-refractivity contribution is 0.0789. The largest absolute Gasteiger partial charge is 0.491 e. The number of aliphatic hydroxyl groups excluding tert-OH is 1. The highest BCUT2D eigenvalue weighted by Gasteiger charge is 2.48. The van der Waals surface area contributed by atoms with Crippen molar-refractivity contribution in [3.05, 3.63) is 29.8 Å². The molecule has 1 aromatic carbocycles. The van der Waals surface area contributed by atoms with Crippen molar-refractivity contribution < 1.29 is 18.3 Å². The fourth-order valence-corrected chi connectivity index (χ4v) is 4.56. The third-order valence-electron chi connectivity index (χ3n) is 3.63. The molecule has 0 bridgehead atoms. The van der Waals surface area contributed by atoms with E-state index in [-0.39, 0.29) is 24.0 Å². The van der Waals surface area contributed by atoms with E-state index >= 15 is 0 Å². The Balaban J connectivity index is 2.31. The maximum atomic E-state index is 11.7. The summed E-state index contributed by atoms with van der Waals surface area (Å²) in [7, 11) is -3.26. The first-order valence-electron chi connectivity index (χ1n) is 6.84. The molecule has 2 unspecified atom stereocenters. The summed E-state index contributed by atoms with van der Waals surface area (Å²) in [6.07, 6.45) is -0.993. The topological polar surface area (TPSA) is 87.4 Å². The van der Waals surface area contributed by atoms with Crippen LogP contribution >= 0.6 is 0 Å². The van der Waals surface area contributed by atoms with Crippen LogP contribution in [0.3, 0.4) is 0 Å². The number of hydrogen-bond acceptors (Lipinski definition) is 5. The zero-order chi connectivity index (χ0) is 15.7. The molecule has 1 N–H and O–H groups in total. The van der Waals surface area contributed by atoms with E-state index in [1.807, 2.05) is 19.9 Å². The van der Waals surface area contributed by atoms with E-state index in [9.17, 15) is 18.8 Å². The average Bonchev–Trinajstić information content (AvgIpc) is 2.74. The zero-order valence-corrected chi connectivity index (χ0v) is 12.9. The van der Waals surface area contributed by atoms with Crippen LogP contribution in [-0.2, 0) is 9.84 Å². The molecule has 5 nitrogen and oxygen atoms in total. The van der Waals surface area contributed by atoms with Gasteiger partial charge in [0.05, 0.1) is 29.8 Å². The Hall–Kier alpha value is -1.58. The normalized spacial score (nSPS) is 25.5. The zero-order valence-electron chi connectivity index (χ0n) is 12.1. The lowest BCUT2D eigenvalue weighted by Gasteiger charge is -2.26. The van der Waals surface area contributed by atoms with Gasteiger partial charge in [-0.2, -0.15) is 5.26 Å². The van der Waals surface area contributed by atoms with E-state index in [2.05, 4.69) is 0 Å². The van der Waals surface area contributed by atoms with Crippen LogP contribution in [-0.4, -0.2) is 31.1 Å². The van der Waals surface area contributed by atoms with Crippen LogP contribution in [0.4, 0.5) is 0 Å². The van der Waals surface area contributed by atoms with Crippen LogP contribution in [0.5, 0.6) is 5.75 Å². The molecule has 0 aromatic heterocycles. The number of sulfone groups is 1. The molecule has 1 aromatic rings. The summed E-state index contributed by atoms with van der Waals surface area (Å²) in [5, 5.41) is 19.9. The molecule has 2 atom stereocenters. The van der Waals surface area contributed by atoms with Crippen LogP contribution in [0.2, 0.25) is 0 Å². The Morgan fingerprint density at radius 3 is 2.67 bits per heavy atom. The minimum atomic E-state index is -3.26. The summed E-state index contributed by atoms with van der Waals surface area (Å²) in [6.45, 7) is 3.78. The lowest BCUT2D eigenvalue weighted by atomic mass is 9.80. The van der Waals surface area contributed by atoms with Gasteiger partial charge in [-0.25, -0.2) is 8.42 Å². The summed E-state index contributed by atoms with van der Waals surface area (Å²) in [6, 6.07) is 8.86. The number of ether oxygens (including phenoxy) is 1. The summed E-state index contributed by atoms with van der Waals surface area (Å²) in [4.78, 5) is 0. The van der Waals surface area contributed by atoms with E-state index in [0.29, 0.717) is 11.3 Å². The van der Waals surface area contributed by atoms with Crippen molar-refractivity contribution in [1.82, 2.24) is 0 Å². The predicted molar refractivity (Wildman–Crippen MR) is 78.5 cm³/mol. The van der Waals surface area contributed by atoms with Gasteiger partial charge in [0, 0.05) is 0 Å². The molecule has 1 saturated heterocycles. The first-order valence-corrected chi connectivity index (χ1v) is 8.66. The molecule has 0 aliphatic carbocycles. The second kappa shape index (κ2) is 5.66. The molecular formula is C15H19NO4S. The fraction of sp³-hybridized carbons (Fsp3) is 0.533. The lowest BCUT2D eigenvalue weighted by Crippen LogP contribution is -2.28. The van der Waals surface area contributed by atoms with Crippen molar-refractivity contribution in [3.8, 4) is 11.8 Å². The van der Waals surface area contributed by atoms with Crippen LogP contribution in [0.15, 0.2) is 24.3 Å². The molecule has 1 aliphatic heterocycles. The van der Waals surface area contributed by atoms with Gasteiger partial charge in [-0.3, -0.25) is 0 Å². The molecule has 114 valence electrons. The molecule has 6 heteroatoms. The molecule has 1 fully saturated rings. The first kappa shape index (κ1) is 15.8. The summed E-state index contributed by atoms with van der Waals surface area (Å²) in [5.74, 6) is 0.239. The molecule has 0 saturated carbocycles. The highest BCUT2D eigenvalue weighted by atomic mass is 32.2. The monoisotopic (exact) mass is 309 g/mol. The van der Waals surface area contributed by atoms with Crippen molar-refractivity contribution in [3.63, 3.8) is 0 Å². The summed E-state index contributed by atoms with van der Waals surface area (Å²) < 4.78 is 28.9. The Morgan fingerprint density at radius 1 is 1.43 bits per heavy atom. The molecule has 1 aliphatic rings. The number of nitrogens with zero attached hydrogens (tertiary/aromatic N) is 1. The highest BCUT2D eigenvalue weighted by Crippen LogP contribution is 2.43. The quantitative estimate of drug-likeness (QED) is 0.917. The maximum Gasteiger partial charge on any atom is 0.152 e. The van der Waals surface area contributed by atoms with Gasteiger partial charge in [-0.1, -0.05) is 12.1 Å². The molecule has 0 spiro atoms. The number of rotatable bonds is 4. The van der Waals surface area contributed by atoms with E-state index in [1.54, 1.807) is 24.3 Å². The number of aliphatic hydroxyl groups is 1. The Morgan fingerprint density at radius 2 is 2.14 bits per heavy atom. The fourth-order valence-electron chi connectivity index (χ4n) is 2.59. The third kappa shape index (κ3) is 3.36. The van der Waals surface area contributed by atoms with Crippen molar-refractivity contribution in [2.75, 3.05) is 11.5 Å². The maximum absolute atomic E-state index is 11.7. The third-order valence-corrected chi connectivity index (χ3v) is 5.41. The smallest absolute Gasteiger partial charge is 0.152 e. The van der Waals surface area contributed by atoms with Gasteiger partial charge in [0.25, 0.3) is 0 Å². The Kier molecular flexibility index (Phi) is 4.26. The SMILES string of the molecule is CC(C)Oc1cccc(C(O)C2(C#N)CCS(=O)(=O)C2)c1. The number of benzene rings is 1. The first-order chi connectivity index (χ1) is 9.78. The van der Waals surface area contributed by atoms with Crippen LogP contribution < -0.4 is 4.74 Å². The van der Waals surface area contributed by atoms with Gasteiger partial charge < -0.3 is 9.84 Å². The van der Waals surface area contributed by atoms with Gasteiger partial charge in [0.15, 0.2) is 9.84 Å². The summed E-state index contributed by atoms with van der Waals surface area (Å²) >= 11 is 0. The van der Waals surface area contributed by atoms with Crippen molar-refractivity contribution in [2.24, 2.45) is 5.41 Å². The average molecular weight is 309 g/mol. The van der Waals surface area contributed by atoms with Crippen molar-refractivity contribution >= 4 is 9.84 Å². The molecule has 2 rings (SSSR count). The molecule has 21 heavy (non-hydrogen) atoms. The molecule has 0 radical (unpaired) electrons. The number of nitriles is 1. The highest BCUT2D eigenvalue weighted by molar-refractivity contribution is 7.91. The van der Waals surface area contributed by atoms with Gasteiger partial charge in [-0.05, 0) is 38.0 Å². The van der Waals surface area contributed by atoms with E-state index in [0.717, 1.165) is 0 Å². The number of hydrogen-bond donors (Lipinski definition) is 1. The van der Waals surface area contributed by atoms with Gasteiger partial charge >= 0.3 is 0 Å². The minimum Gasteiger partial charge on any atom is -0.491 e. The predicted octanol–water partition coefficient (Wildman–Crippen LogP) is 1.84. The van der Waals surface area contributed by atoms with Crippen LogP contribution in [0, 0.1) is 16.7 Å². The van der Waals surface area contributed by atoms with Gasteiger partial charge in [-0.15, -0.1) is 0 Å². The summed E-state index contributed by atoms with van der Waals surface area (Å²) in [5.41, 5.74) is -0.762. The molecule has 0 amide bonds. The van der Waals surface area contributed by atoms with Crippen molar-refractivity contribution in [1.29, 1.82) is 5.26 Å². The molecule has 1 heterocycles. The van der Waals surface area contributed by atoms with Crippen LogP contribution in [0.1, 0.15) is 31.9 Å². The Labute approximate surface area is 125 Å². The van der Waals surface area contributed by atoms with E-state index in [4.69, 9.17) is 4.74 Å². The van der Waals surface area contributed by atoms with Crippen molar-refractivity contribution in [2.45, 2.75) is 32.5 Å². The minimum absolute atomic E-state index is 0.00539. The standard InChI is InChI=1S/C15H19NO4S/c1-11(2)20-13-5-3-4-12(8-13)14(17)15(9-16)6-7-21(18,19)10-15/h3-5,8,11,14,17H,6-7,10H2,1-2H3. The molecular weight excluding hydrogens is 290 g/mol. The van der Waals surface area contributed by atoms with E-state index < -0.39 is 21.4 Å². The Bertz CT molecular complexity index is 662. The van der Waals surface area contributed by atoms with Gasteiger partial charge in [0.2, 0.25) is 0 Å². The second-order valence-corrected chi connectivity index (χ2v) is 7.94. The van der Waals surface area contributed by atoms with Crippen LogP contribution in [0.25, 0.3) is 0 Å².